The van der Waals surface area contributed by atoms with E-state index in [0.29, 0.717) is 5.56 Å². The van der Waals surface area contributed by atoms with Crippen LogP contribution in [0.2, 0.25) is 19.6 Å². The van der Waals surface area contributed by atoms with Crippen LogP contribution in [-0.2, 0) is 0 Å². The zero-order valence-corrected chi connectivity index (χ0v) is 9.64. The molecule has 0 fully saturated rings. The van der Waals surface area contributed by atoms with Gasteiger partial charge in [-0.1, -0.05) is 50.0 Å². The highest BCUT2D eigenvalue weighted by Crippen LogP contribution is 2.30. The molecule has 0 heterocycles. The van der Waals surface area contributed by atoms with E-state index < -0.39 is 14.2 Å². The summed E-state index contributed by atoms with van der Waals surface area (Å²) in [5.41, 5.74) is 0.659. The van der Waals surface area contributed by atoms with Crippen molar-refractivity contribution in [3.8, 4) is 0 Å². The van der Waals surface area contributed by atoms with Crippen molar-refractivity contribution < 1.29 is 8.78 Å². The summed E-state index contributed by atoms with van der Waals surface area (Å²) in [6.45, 7) is 5.78. The monoisotopic (exact) mass is 212 g/mol. The second-order valence-corrected chi connectivity index (χ2v) is 9.25. The number of hydrogen-bond donors (Lipinski definition) is 0. The molecule has 76 valence electrons. The SMILES string of the molecule is C[Si](C)(C)C(=C(F)F)c1ccccc1. The van der Waals surface area contributed by atoms with Crippen molar-refractivity contribution in [1.82, 2.24) is 0 Å². The molecule has 0 N–H and O–H groups in total. The first kappa shape index (κ1) is 11.1. The summed E-state index contributed by atoms with van der Waals surface area (Å²) in [7, 11) is -1.96. The van der Waals surface area contributed by atoms with E-state index in [4.69, 9.17) is 0 Å². The highest BCUT2D eigenvalue weighted by Gasteiger charge is 2.25. The lowest BCUT2D eigenvalue weighted by Gasteiger charge is -2.19. The fourth-order valence-electron chi connectivity index (χ4n) is 1.43. The van der Waals surface area contributed by atoms with Crippen LogP contribution in [0.5, 0.6) is 0 Å². The number of hydrogen-bond acceptors (Lipinski definition) is 0. The molecule has 0 aliphatic carbocycles. The molecule has 0 unspecified atom stereocenters. The van der Waals surface area contributed by atoms with Gasteiger partial charge in [-0.25, -0.2) is 0 Å². The number of rotatable bonds is 2. The minimum Gasteiger partial charge on any atom is -0.174 e. The molecule has 1 aromatic carbocycles. The fraction of sp³-hybridized carbons (Fsp3) is 0.273. The summed E-state index contributed by atoms with van der Waals surface area (Å²) in [5.74, 6) is 0. The van der Waals surface area contributed by atoms with Crippen LogP contribution in [0.4, 0.5) is 8.78 Å². The van der Waals surface area contributed by atoms with Crippen molar-refractivity contribution in [3.63, 3.8) is 0 Å². The summed E-state index contributed by atoms with van der Waals surface area (Å²) >= 11 is 0. The lowest BCUT2D eigenvalue weighted by Crippen LogP contribution is -2.23. The van der Waals surface area contributed by atoms with Gasteiger partial charge in [0.05, 0.1) is 8.07 Å². The van der Waals surface area contributed by atoms with Crippen molar-refractivity contribution in [2.75, 3.05) is 0 Å². The zero-order chi connectivity index (χ0) is 10.8. The van der Waals surface area contributed by atoms with E-state index in [-0.39, 0.29) is 5.20 Å². The molecule has 0 aliphatic rings. The Morgan fingerprint density at radius 2 is 1.50 bits per heavy atom. The van der Waals surface area contributed by atoms with Crippen LogP contribution in [0.25, 0.3) is 5.20 Å². The van der Waals surface area contributed by atoms with Crippen LogP contribution < -0.4 is 0 Å². The van der Waals surface area contributed by atoms with Gasteiger partial charge in [-0.3, -0.25) is 0 Å². The lowest BCUT2D eigenvalue weighted by molar-refractivity contribution is 0.427. The Morgan fingerprint density at radius 1 is 1.00 bits per heavy atom. The maximum Gasteiger partial charge on any atom is 0.270 e. The summed E-state index contributed by atoms with van der Waals surface area (Å²) in [5, 5.41) is 0.262. The normalized spacial score (nSPS) is 11.2. The molecule has 0 amide bonds. The van der Waals surface area contributed by atoms with Crippen molar-refractivity contribution in [2.45, 2.75) is 19.6 Å². The molecule has 3 heteroatoms. The largest absolute Gasteiger partial charge is 0.270 e. The van der Waals surface area contributed by atoms with Gasteiger partial charge in [-0.05, 0) is 5.56 Å². The Hall–Kier alpha value is -0.963. The van der Waals surface area contributed by atoms with E-state index >= 15 is 0 Å². The van der Waals surface area contributed by atoms with E-state index in [2.05, 4.69) is 0 Å². The minimum absolute atomic E-state index is 0.262. The molecule has 1 rings (SSSR count). The molecular formula is C11H14F2Si. The average Bonchev–Trinajstić information content (AvgIpc) is 2.02. The minimum atomic E-state index is -1.96. The van der Waals surface area contributed by atoms with E-state index in [1.165, 1.54) is 0 Å². The quantitative estimate of drug-likeness (QED) is 0.645. The van der Waals surface area contributed by atoms with Crippen molar-refractivity contribution in [3.05, 3.63) is 42.0 Å². The van der Waals surface area contributed by atoms with Gasteiger partial charge in [0.25, 0.3) is 6.08 Å². The first-order valence-electron chi connectivity index (χ1n) is 4.54. The molecule has 0 radical (unpaired) electrons. The van der Waals surface area contributed by atoms with E-state index in [1.807, 2.05) is 25.7 Å². The molecular weight excluding hydrogens is 198 g/mol. The second kappa shape index (κ2) is 4.05. The number of halogens is 2. The first-order valence-corrected chi connectivity index (χ1v) is 8.04. The summed E-state index contributed by atoms with van der Waals surface area (Å²) in [4.78, 5) is 0. The molecule has 0 aliphatic heterocycles. The standard InChI is InChI=1S/C11H14F2Si/c1-14(2,3)10(11(12)13)9-7-5-4-6-8-9/h4-8H,1-3H3. The molecule has 1 aromatic rings. The molecule has 0 aromatic heterocycles. The maximum atomic E-state index is 12.8. The first-order chi connectivity index (χ1) is 6.43. The zero-order valence-electron chi connectivity index (χ0n) is 8.64. The number of benzene rings is 1. The van der Waals surface area contributed by atoms with Crippen molar-refractivity contribution in [1.29, 1.82) is 0 Å². The van der Waals surface area contributed by atoms with Gasteiger partial charge in [0, 0.05) is 5.20 Å². The Morgan fingerprint density at radius 3 is 1.86 bits per heavy atom. The Labute approximate surface area is 84.3 Å². The van der Waals surface area contributed by atoms with Gasteiger partial charge in [0.15, 0.2) is 0 Å². The van der Waals surface area contributed by atoms with Crippen LogP contribution in [0.1, 0.15) is 5.56 Å². The molecule has 0 bridgehead atoms. The third kappa shape index (κ3) is 2.51. The second-order valence-electron chi connectivity index (χ2n) is 4.25. The highest BCUT2D eigenvalue weighted by atomic mass is 28.3. The van der Waals surface area contributed by atoms with E-state index in [0.717, 1.165) is 0 Å². The predicted molar refractivity (Wildman–Crippen MR) is 58.9 cm³/mol. The molecule has 0 saturated heterocycles. The van der Waals surface area contributed by atoms with Crippen molar-refractivity contribution in [2.24, 2.45) is 0 Å². The summed E-state index contributed by atoms with van der Waals surface area (Å²) in [6.07, 6.45) is -1.53. The van der Waals surface area contributed by atoms with Gasteiger partial charge in [0.1, 0.15) is 0 Å². The van der Waals surface area contributed by atoms with Gasteiger partial charge >= 0.3 is 0 Å². The summed E-state index contributed by atoms with van der Waals surface area (Å²) in [6, 6.07) is 8.90. The molecule has 0 spiro atoms. The third-order valence-electron chi connectivity index (χ3n) is 2.00. The molecule has 14 heavy (non-hydrogen) atoms. The van der Waals surface area contributed by atoms with Crippen molar-refractivity contribution >= 4 is 13.3 Å². The van der Waals surface area contributed by atoms with E-state index in [9.17, 15) is 8.78 Å². The smallest absolute Gasteiger partial charge is 0.174 e. The van der Waals surface area contributed by atoms with Gasteiger partial charge < -0.3 is 0 Å². The third-order valence-corrected chi connectivity index (χ3v) is 3.98. The Bertz CT molecular complexity index is 332. The Kier molecular flexibility index (Phi) is 3.21. The van der Waals surface area contributed by atoms with Gasteiger partial charge in [0.2, 0.25) is 0 Å². The Balaban J connectivity index is 3.24. The highest BCUT2D eigenvalue weighted by molar-refractivity contribution is 6.93. The van der Waals surface area contributed by atoms with Crippen LogP contribution in [0.3, 0.4) is 0 Å². The van der Waals surface area contributed by atoms with Gasteiger partial charge in [-0.2, -0.15) is 8.78 Å². The van der Waals surface area contributed by atoms with E-state index in [1.54, 1.807) is 24.3 Å². The topological polar surface area (TPSA) is 0 Å². The molecule has 0 saturated carbocycles. The molecule has 0 atom stereocenters. The fourth-order valence-corrected chi connectivity index (χ4v) is 3.03. The molecule has 0 nitrogen and oxygen atoms in total. The van der Waals surface area contributed by atoms with Crippen LogP contribution in [0, 0.1) is 0 Å². The van der Waals surface area contributed by atoms with Crippen LogP contribution >= 0.6 is 0 Å². The summed E-state index contributed by atoms with van der Waals surface area (Å²) < 4.78 is 25.6. The lowest BCUT2D eigenvalue weighted by atomic mass is 10.2. The predicted octanol–water partition coefficient (Wildman–Crippen LogP) is 4.17. The van der Waals surface area contributed by atoms with Crippen LogP contribution in [-0.4, -0.2) is 8.07 Å². The van der Waals surface area contributed by atoms with Crippen LogP contribution in [0.15, 0.2) is 36.4 Å². The maximum absolute atomic E-state index is 12.8. The van der Waals surface area contributed by atoms with Gasteiger partial charge in [-0.15, -0.1) is 0 Å². The average molecular weight is 212 g/mol.